The average Bonchev–Trinajstić information content (AvgIpc) is 3.25. The molecule has 0 aromatic heterocycles. The van der Waals surface area contributed by atoms with Crippen molar-refractivity contribution in [3.63, 3.8) is 0 Å². The van der Waals surface area contributed by atoms with Gasteiger partial charge < -0.3 is 20.3 Å². The molecule has 1 aromatic rings. The summed E-state index contributed by atoms with van der Waals surface area (Å²) in [6.07, 6.45) is 3.65. The van der Waals surface area contributed by atoms with E-state index in [2.05, 4.69) is 10.5 Å². The number of hydrogen-bond donors (Lipinski definition) is 2. The number of nitrogens with zero attached hydrogens (tertiary/aromatic N) is 4. The molecule has 2 amide bonds. The van der Waals surface area contributed by atoms with Crippen LogP contribution in [0, 0.1) is 10.1 Å². The van der Waals surface area contributed by atoms with Gasteiger partial charge in [0.05, 0.1) is 10.5 Å². The number of carbonyl (C=O) groups excluding carboxylic acids is 3. The zero-order chi connectivity index (χ0) is 24.1. The third kappa shape index (κ3) is 4.66. The van der Waals surface area contributed by atoms with Gasteiger partial charge in [0.1, 0.15) is 5.57 Å². The minimum Gasteiger partial charge on any atom is -0.409 e. The number of ketones is 1. The lowest BCUT2D eigenvalue weighted by molar-refractivity contribution is -0.419. The van der Waals surface area contributed by atoms with Crippen LogP contribution in [0.3, 0.4) is 0 Å². The van der Waals surface area contributed by atoms with Gasteiger partial charge in [-0.1, -0.05) is 29.4 Å². The van der Waals surface area contributed by atoms with Gasteiger partial charge in [-0.05, 0) is 26.0 Å². The first-order valence-electron chi connectivity index (χ1n) is 10.2. The molecular weight excluding hydrogens is 430 g/mol. The maximum Gasteiger partial charge on any atom is 0.295 e. The number of benzene rings is 1. The van der Waals surface area contributed by atoms with Gasteiger partial charge >= 0.3 is 0 Å². The van der Waals surface area contributed by atoms with Crippen molar-refractivity contribution in [1.82, 2.24) is 15.1 Å². The predicted molar refractivity (Wildman–Crippen MR) is 118 cm³/mol. The van der Waals surface area contributed by atoms with Gasteiger partial charge in [0, 0.05) is 43.5 Å². The number of allylic oxidation sites excluding steroid dienone is 2. The first kappa shape index (κ1) is 23.4. The summed E-state index contributed by atoms with van der Waals surface area (Å²) in [5.74, 6) is -2.31. The third-order valence-corrected chi connectivity index (χ3v) is 5.37. The van der Waals surface area contributed by atoms with Crippen molar-refractivity contribution in [2.24, 2.45) is 5.16 Å². The molecule has 0 bridgehead atoms. The van der Waals surface area contributed by atoms with Crippen LogP contribution in [0.15, 0.2) is 70.7 Å². The number of oxime groups is 1. The largest absolute Gasteiger partial charge is 0.409 e. The molecule has 2 N–H and O–H groups in total. The molecule has 3 rings (SSSR count). The summed E-state index contributed by atoms with van der Waals surface area (Å²) in [6.45, 7) is 3.86. The zero-order valence-corrected chi connectivity index (χ0v) is 18.1. The first-order valence-corrected chi connectivity index (χ1v) is 10.2. The smallest absolute Gasteiger partial charge is 0.295 e. The zero-order valence-electron chi connectivity index (χ0n) is 18.1. The Morgan fingerprint density at radius 2 is 1.94 bits per heavy atom. The van der Waals surface area contributed by atoms with Crippen molar-refractivity contribution in [2.75, 3.05) is 19.6 Å². The number of amidine groups is 1. The number of amides is 2. The number of nitro groups is 1. The molecule has 0 spiro atoms. The molecule has 1 saturated heterocycles. The normalized spacial score (nSPS) is 21.1. The minimum atomic E-state index is -0.977. The van der Waals surface area contributed by atoms with Crippen molar-refractivity contribution < 1.29 is 24.5 Å². The quantitative estimate of drug-likeness (QED) is 0.296. The molecule has 2 heterocycles. The highest BCUT2D eigenvalue weighted by molar-refractivity contribution is 6.46. The van der Waals surface area contributed by atoms with Crippen molar-refractivity contribution in [3.05, 3.63) is 81.2 Å². The van der Waals surface area contributed by atoms with E-state index >= 15 is 0 Å². The molecule has 11 heteroatoms. The molecule has 0 unspecified atom stereocenters. The van der Waals surface area contributed by atoms with Crippen LogP contribution in [0.5, 0.6) is 0 Å². The van der Waals surface area contributed by atoms with Crippen molar-refractivity contribution in [1.29, 1.82) is 0 Å². The minimum absolute atomic E-state index is 0.127. The van der Waals surface area contributed by atoms with E-state index < -0.39 is 28.4 Å². The van der Waals surface area contributed by atoms with Crippen LogP contribution in [0.1, 0.15) is 24.2 Å². The van der Waals surface area contributed by atoms with Crippen molar-refractivity contribution >= 4 is 23.4 Å². The van der Waals surface area contributed by atoms with E-state index in [9.17, 15) is 29.7 Å². The van der Waals surface area contributed by atoms with E-state index in [-0.39, 0.29) is 42.5 Å². The van der Waals surface area contributed by atoms with Gasteiger partial charge in [0.2, 0.25) is 0 Å². The molecule has 1 atom stereocenters. The summed E-state index contributed by atoms with van der Waals surface area (Å²) < 4.78 is 0. The molecule has 33 heavy (non-hydrogen) atoms. The van der Waals surface area contributed by atoms with E-state index in [0.29, 0.717) is 5.56 Å². The Morgan fingerprint density at radius 1 is 1.24 bits per heavy atom. The molecule has 172 valence electrons. The molecule has 1 fully saturated rings. The second-order valence-electron chi connectivity index (χ2n) is 7.46. The molecule has 2 aliphatic rings. The van der Waals surface area contributed by atoms with Gasteiger partial charge in [0.15, 0.2) is 5.84 Å². The van der Waals surface area contributed by atoms with Gasteiger partial charge in [0.25, 0.3) is 23.3 Å². The number of piperazine rings is 1. The van der Waals surface area contributed by atoms with Crippen LogP contribution < -0.4 is 5.32 Å². The third-order valence-electron chi connectivity index (χ3n) is 5.37. The van der Waals surface area contributed by atoms with E-state index in [1.54, 1.807) is 43.0 Å². The molecule has 11 nitrogen and oxygen atoms in total. The second kappa shape index (κ2) is 9.90. The van der Waals surface area contributed by atoms with Crippen LogP contribution in [0.25, 0.3) is 0 Å². The number of Topliss-reactive ketones (excluding diaryl/α,β-unsaturated/α-hetero) is 1. The summed E-state index contributed by atoms with van der Waals surface area (Å²) in [5.41, 5.74) is -0.504. The first-order chi connectivity index (χ1) is 15.8. The Labute approximate surface area is 189 Å². The highest BCUT2D eigenvalue weighted by atomic mass is 16.6. The lowest BCUT2D eigenvalue weighted by Crippen LogP contribution is -2.57. The summed E-state index contributed by atoms with van der Waals surface area (Å²) in [7, 11) is 0. The second-order valence-corrected chi connectivity index (χ2v) is 7.46. The fourth-order valence-corrected chi connectivity index (χ4v) is 3.78. The van der Waals surface area contributed by atoms with Crippen LogP contribution in [-0.2, 0) is 9.59 Å². The Bertz CT molecular complexity index is 1110. The molecule has 0 radical (unpaired) electrons. The summed E-state index contributed by atoms with van der Waals surface area (Å²) in [5, 5.41) is 26.2. The van der Waals surface area contributed by atoms with Crippen molar-refractivity contribution in [3.8, 4) is 0 Å². The number of carbonyl (C=O) groups is 3. The maximum absolute atomic E-state index is 13.0. The average molecular weight is 453 g/mol. The topological polar surface area (TPSA) is 145 Å². The standard InChI is InChI=1S/C22H23N5O6/c1-3-7-17(27(32)33)18-16(12-23-20(18)24-31)19(28)22(30)26-11-10-25(13-14(26)2)21(29)15-8-5-4-6-9-15/h3-9,12,14,31H,10-11,13H2,1-2H3,(H,23,24)/b7-3-,18-17+/t14-/m1/s1. The fraction of sp³-hybridized carbons (Fsp3) is 0.273. The number of nitrogens with one attached hydrogen (secondary N) is 1. The Kier molecular flexibility index (Phi) is 7.01. The van der Waals surface area contributed by atoms with Gasteiger partial charge in [-0.25, -0.2) is 0 Å². The Hall–Kier alpha value is -4.28. The Morgan fingerprint density at radius 3 is 2.52 bits per heavy atom. The van der Waals surface area contributed by atoms with Gasteiger partial charge in [-0.15, -0.1) is 0 Å². The molecule has 0 saturated carbocycles. The predicted octanol–water partition coefficient (Wildman–Crippen LogP) is 1.31. The molecule has 0 aliphatic carbocycles. The highest BCUT2D eigenvalue weighted by Gasteiger charge is 2.39. The molecule has 2 aliphatic heterocycles. The summed E-state index contributed by atoms with van der Waals surface area (Å²) in [4.78, 5) is 52.5. The fourth-order valence-electron chi connectivity index (χ4n) is 3.78. The van der Waals surface area contributed by atoms with Crippen LogP contribution >= 0.6 is 0 Å². The van der Waals surface area contributed by atoms with Crippen LogP contribution in [0.2, 0.25) is 0 Å². The number of hydrogen-bond acceptors (Lipinski definition) is 7. The van der Waals surface area contributed by atoms with Gasteiger partial charge in [-0.3, -0.25) is 24.5 Å². The van der Waals surface area contributed by atoms with E-state index in [1.807, 2.05) is 6.07 Å². The molecule has 1 aromatic carbocycles. The maximum atomic E-state index is 13.0. The lowest BCUT2D eigenvalue weighted by atomic mass is 10.00. The van der Waals surface area contributed by atoms with Crippen LogP contribution in [0.4, 0.5) is 0 Å². The van der Waals surface area contributed by atoms with E-state index in [4.69, 9.17) is 0 Å². The van der Waals surface area contributed by atoms with Crippen molar-refractivity contribution in [2.45, 2.75) is 19.9 Å². The van der Waals surface area contributed by atoms with E-state index in [1.165, 1.54) is 11.0 Å². The summed E-state index contributed by atoms with van der Waals surface area (Å²) in [6, 6.07) is 8.30. The molecular formula is C22H23N5O6. The highest BCUT2D eigenvalue weighted by Crippen LogP contribution is 2.25. The van der Waals surface area contributed by atoms with Gasteiger partial charge in [-0.2, -0.15) is 0 Å². The van der Waals surface area contributed by atoms with E-state index in [0.717, 1.165) is 12.3 Å². The van der Waals surface area contributed by atoms with Crippen LogP contribution in [-0.4, -0.2) is 69.0 Å². The Balaban J connectivity index is 1.80. The SMILES string of the molecule is C\C=C/C(=C1/C(C(=O)C(=O)N2CCN(C(=O)c3ccccc3)C[C@H]2C)=CN/C1=N\O)[N+](=O)[O-]. The lowest BCUT2D eigenvalue weighted by Gasteiger charge is -2.39. The monoisotopic (exact) mass is 453 g/mol. The summed E-state index contributed by atoms with van der Waals surface area (Å²) >= 11 is 0. The number of rotatable bonds is 5.